The monoisotopic (exact) mass is 234 g/mol. The van der Waals surface area contributed by atoms with E-state index in [9.17, 15) is 4.79 Å². The number of amides is 1. The van der Waals surface area contributed by atoms with Crippen LogP contribution in [0, 0.1) is 0 Å². The Balaban J connectivity index is 2.15. The van der Waals surface area contributed by atoms with Crippen LogP contribution in [0.5, 0.6) is 0 Å². The van der Waals surface area contributed by atoms with Crippen LogP contribution in [0.1, 0.15) is 10.4 Å². The van der Waals surface area contributed by atoms with E-state index in [-0.39, 0.29) is 5.91 Å². The first-order valence-electron chi connectivity index (χ1n) is 5.82. The van der Waals surface area contributed by atoms with Gasteiger partial charge < -0.3 is 15.1 Å². The number of anilines is 1. The number of carbonyl (C=O) groups excluding carboxylic acids is 1. The normalized spacial score (nSPS) is 15.8. The summed E-state index contributed by atoms with van der Waals surface area (Å²) in [6.45, 7) is 3.30. The van der Waals surface area contributed by atoms with Crippen LogP contribution in [-0.4, -0.2) is 56.1 Å². The minimum Gasteiger partial charge on any atom is -0.363 e. The zero-order valence-corrected chi connectivity index (χ0v) is 10.3. The number of carbonyl (C=O) groups is 1. The molecule has 5 heteroatoms. The molecular weight excluding hydrogens is 216 g/mol. The van der Waals surface area contributed by atoms with Crippen LogP contribution in [0.4, 0.5) is 5.82 Å². The Hall–Kier alpha value is -1.62. The Bertz CT molecular complexity index is 399. The molecule has 0 saturated carbocycles. The van der Waals surface area contributed by atoms with E-state index in [0.717, 1.165) is 32.0 Å². The molecular formula is C12H18N4O. The zero-order valence-electron chi connectivity index (χ0n) is 10.3. The van der Waals surface area contributed by atoms with Gasteiger partial charge in [-0.05, 0) is 12.1 Å². The molecule has 1 saturated heterocycles. The van der Waals surface area contributed by atoms with E-state index in [0.29, 0.717) is 5.56 Å². The van der Waals surface area contributed by atoms with Crippen LogP contribution in [0.15, 0.2) is 18.3 Å². The number of rotatable bonds is 2. The standard InChI is InChI=1S/C12H18N4O/c1-15(2)11-9-10(3-4-14-11)12(17)16-7-5-13-6-8-16/h3-4,9,13H,5-8H2,1-2H3. The van der Waals surface area contributed by atoms with E-state index in [4.69, 9.17) is 0 Å². The molecule has 1 aliphatic rings. The Morgan fingerprint density at radius 2 is 2.12 bits per heavy atom. The Morgan fingerprint density at radius 3 is 2.76 bits per heavy atom. The maximum Gasteiger partial charge on any atom is 0.254 e. The second-order valence-corrected chi connectivity index (χ2v) is 4.34. The van der Waals surface area contributed by atoms with Crippen molar-refractivity contribution in [3.63, 3.8) is 0 Å². The molecule has 0 bridgehead atoms. The molecule has 17 heavy (non-hydrogen) atoms. The van der Waals surface area contributed by atoms with Gasteiger partial charge >= 0.3 is 0 Å². The third-order valence-electron chi connectivity index (χ3n) is 2.85. The zero-order chi connectivity index (χ0) is 12.3. The highest BCUT2D eigenvalue weighted by atomic mass is 16.2. The molecule has 2 rings (SSSR count). The molecule has 1 aromatic rings. The molecule has 1 fully saturated rings. The van der Waals surface area contributed by atoms with Crippen LogP contribution in [0.25, 0.3) is 0 Å². The number of hydrogen-bond donors (Lipinski definition) is 1. The first-order valence-corrected chi connectivity index (χ1v) is 5.82. The summed E-state index contributed by atoms with van der Waals surface area (Å²) in [6, 6.07) is 3.61. The van der Waals surface area contributed by atoms with Crippen LogP contribution in [0.2, 0.25) is 0 Å². The van der Waals surface area contributed by atoms with E-state index >= 15 is 0 Å². The van der Waals surface area contributed by atoms with Crippen LogP contribution in [-0.2, 0) is 0 Å². The summed E-state index contributed by atoms with van der Waals surface area (Å²) in [4.78, 5) is 20.2. The lowest BCUT2D eigenvalue weighted by atomic mass is 10.2. The second-order valence-electron chi connectivity index (χ2n) is 4.34. The third kappa shape index (κ3) is 2.74. The molecule has 92 valence electrons. The average Bonchev–Trinajstić information content (AvgIpc) is 2.39. The van der Waals surface area contributed by atoms with E-state index in [1.165, 1.54) is 0 Å². The lowest BCUT2D eigenvalue weighted by molar-refractivity contribution is 0.0735. The van der Waals surface area contributed by atoms with Crippen molar-refractivity contribution < 1.29 is 4.79 Å². The number of pyridine rings is 1. The summed E-state index contributed by atoms with van der Waals surface area (Å²) in [6.07, 6.45) is 1.69. The van der Waals surface area contributed by atoms with Gasteiger partial charge in [0.25, 0.3) is 5.91 Å². The molecule has 1 aliphatic heterocycles. The molecule has 0 spiro atoms. The van der Waals surface area contributed by atoms with Crippen molar-refractivity contribution in [2.24, 2.45) is 0 Å². The molecule has 2 heterocycles. The van der Waals surface area contributed by atoms with Gasteiger partial charge in [-0.3, -0.25) is 4.79 Å². The maximum absolute atomic E-state index is 12.2. The predicted molar refractivity (Wildman–Crippen MR) is 67.3 cm³/mol. The quantitative estimate of drug-likeness (QED) is 0.794. The molecule has 1 aromatic heterocycles. The third-order valence-corrected chi connectivity index (χ3v) is 2.85. The number of hydrogen-bond acceptors (Lipinski definition) is 4. The lowest BCUT2D eigenvalue weighted by Crippen LogP contribution is -2.46. The molecule has 1 amide bonds. The van der Waals surface area contributed by atoms with E-state index < -0.39 is 0 Å². The smallest absolute Gasteiger partial charge is 0.254 e. The minimum atomic E-state index is 0.0944. The highest BCUT2D eigenvalue weighted by Gasteiger charge is 2.18. The number of nitrogens with zero attached hydrogens (tertiary/aromatic N) is 3. The van der Waals surface area contributed by atoms with Crippen LogP contribution in [0.3, 0.4) is 0 Å². The molecule has 0 aromatic carbocycles. The first-order chi connectivity index (χ1) is 8.18. The fourth-order valence-corrected chi connectivity index (χ4v) is 1.85. The topological polar surface area (TPSA) is 48.5 Å². The van der Waals surface area contributed by atoms with Gasteiger partial charge in [-0.2, -0.15) is 0 Å². The summed E-state index contributed by atoms with van der Waals surface area (Å²) in [5.41, 5.74) is 0.714. The van der Waals surface area contributed by atoms with E-state index in [1.54, 1.807) is 12.3 Å². The van der Waals surface area contributed by atoms with Gasteiger partial charge in [0.2, 0.25) is 0 Å². The summed E-state index contributed by atoms with van der Waals surface area (Å²) < 4.78 is 0. The lowest BCUT2D eigenvalue weighted by Gasteiger charge is -2.27. The highest BCUT2D eigenvalue weighted by Crippen LogP contribution is 2.12. The summed E-state index contributed by atoms with van der Waals surface area (Å²) in [7, 11) is 3.84. The fourth-order valence-electron chi connectivity index (χ4n) is 1.85. The van der Waals surface area contributed by atoms with Gasteiger partial charge in [0.05, 0.1) is 0 Å². The van der Waals surface area contributed by atoms with Crippen molar-refractivity contribution in [1.82, 2.24) is 15.2 Å². The fraction of sp³-hybridized carbons (Fsp3) is 0.500. The van der Waals surface area contributed by atoms with Gasteiger partial charge in [-0.25, -0.2) is 4.98 Å². The Kier molecular flexibility index (Phi) is 3.58. The molecule has 5 nitrogen and oxygen atoms in total. The first kappa shape index (κ1) is 11.9. The molecule has 0 atom stereocenters. The SMILES string of the molecule is CN(C)c1cc(C(=O)N2CCNCC2)ccn1. The van der Waals surface area contributed by atoms with Crippen molar-refractivity contribution in [2.45, 2.75) is 0 Å². The largest absolute Gasteiger partial charge is 0.363 e. The van der Waals surface area contributed by atoms with E-state index in [1.807, 2.05) is 30.0 Å². The minimum absolute atomic E-state index is 0.0944. The van der Waals surface area contributed by atoms with Crippen LogP contribution < -0.4 is 10.2 Å². The van der Waals surface area contributed by atoms with Crippen molar-refractivity contribution in [3.05, 3.63) is 23.9 Å². The molecule has 0 unspecified atom stereocenters. The van der Waals surface area contributed by atoms with Gasteiger partial charge in [0.15, 0.2) is 0 Å². The average molecular weight is 234 g/mol. The van der Waals surface area contributed by atoms with Gasteiger partial charge in [0, 0.05) is 52.0 Å². The van der Waals surface area contributed by atoms with Gasteiger partial charge in [0.1, 0.15) is 5.82 Å². The predicted octanol–water partition coefficient (Wildman–Crippen LogP) is 0.193. The molecule has 0 radical (unpaired) electrons. The van der Waals surface area contributed by atoms with Gasteiger partial charge in [-0.15, -0.1) is 0 Å². The van der Waals surface area contributed by atoms with Crippen molar-refractivity contribution in [1.29, 1.82) is 0 Å². The number of aromatic nitrogens is 1. The van der Waals surface area contributed by atoms with Crippen molar-refractivity contribution in [3.8, 4) is 0 Å². The number of piperazine rings is 1. The second kappa shape index (κ2) is 5.14. The van der Waals surface area contributed by atoms with Gasteiger partial charge in [-0.1, -0.05) is 0 Å². The molecule has 0 aliphatic carbocycles. The highest BCUT2D eigenvalue weighted by molar-refractivity contribution is 5.94. The summed E-state index contributed by atoms with van der Waals surface area (Å²) >= 11 is 0. The van der Waals surface area contributed by atoms with E-state index in [2.05, 4.69) is 10.3 Å². The van der Waals surface area contributed by atoms with Crippen molar-refractivity contribution >= 4 is 11.7 Å². The molecule has 1 N–H and O–H groups in total. The number of nitrogens with one attached hydrogen (secondary N) is 1. The van der Waals surface area contributed by atoms with Crippen molar-refractivity contribution in [2.75, 3.05) is 45.2 Å². The van der Waals surface area contributed by atoms with Crippen LogP contribution >= 0.6 is 0 Å². The Labute approximate surface area is 101 Å². The summed E-state index contributed by atoms with van der Waals surface area (Å²) in [5, 5.41) is 3.24. The Morgan fingerprint density at radius 1 is 1.41 bits per heavy atom. The maximum atomic E-state index is 12.2. The summed E-state index contributed by atoms with van der Waals surface area (Å²) in [5.74, 6) is 0.906.